The van der Waals surface area contributed by atoms with E-state index in [0.717, 1.165) is 36.0 Å². The Morgan fingerprint density at radius 3 is 2.84 bits per heavy atom. The van der Waals surface area contributed by atoms with Crippen LogP contribution in [-0.4, -0.2) is 29.7 Å². The van der Waals surface area contributed by atoms with Crippen molar-refractivity contribution in [2.75, 3.05) is 18.5 Å². The first-order valence-electron chi connectivity index (χ1n) is 6.46. The van der Waals surface area contributed by atoms with Crippen LogP contribution in [0.2, 0.25) is 0 Å². The second kappa shape index (κ2) is 5.69. The number of unbranched alkanes of at least 4 members (excludes halogenated alkanes) is 1. The molecule has 1 aromatic heterocycles. The largest absolute Gasteiger partial charge is 0.478 e. The van der Waals surface area contributed by atoms with Gasteiger partial charge in [-0.05, 0) is 30.0 Å². The Morgan fingerprint density at radius 1 is 1.37 bits per heavy atom. The van der Waals surface area contributed by atoms with Gasteiger partial charge in [0.15, 0.2) is 0 Å². The minimum Gasteiger partial charge on any atom is -0.478 e. The maximum Gasteiger partial charge on any atom is 0.335 e. The number of benzene rings is 1. The van der Waals surface area contributed by atoms with Crippen LogP contribution in [0, 0.1) is 0 Å². The van der Waals surface area contributed by atoms with Crippen LogP contribution in [0.1, 0.15) is 30.1 Å². The van der Waals surface area contributed by atoms with Crippen molar-refractivity contribution in [2.45, 2.75) is 19.8 Å². The van der Waals surface area contributed by atoms with Gasteiger partial charge >= 0.3 is 5.97 Å². The Labute approximate surface area is 112 Å². The van der Waals surface area contributed by atoms with E-state index in [1.807, 2.05) is 19.2 Å². The van der Waals surface area contributed by atoms with Crippen molar-refractivity contribution in [1.29, 1.82) is 0 Å². The third-order valence-electron chi connectivity index (χ3n) is 3.20. The number of fused-ring (bicyclic) bond motifs is 1. The highest BCUT2D eigenvalue weighted by atomic mass is 16.4. The average molecular weight is 258 g/mol. The number of carboxylic acids is 1. The van der Waals surface area contributed by atoms with Crippen LogP contribution < -0.4 is 4.90 Å². The molecule has 0 atom stereocenters. The van der Waals surface area contributed by atoms with Crippen LogP contribution in [0.15, 0.2) is 30.5 Å². The van der Waals surface area contributed by atoms with Gasteiger partial charge in [-0.25, -0.2) is 9.78 Å². The molecular weight excluding hydrogens is 240 g/mol. The molecule has 0 aliphatic carbocycles. The molecule has 0 saturated carbocycles. The fourth-order valence-corrected chi connectivity index (χ4v) is 2.09. The van der Waals surface area contributed by atoms with Crippen LogP contribution in [0.3, 0.4) is 0 Å². The standard InChI is InChI=1S/C15H18N2O2/c1-3-4-9-17(2)14-13-10-12(15(18)19)6-5-11(13)7-8-16-14/h5-8,10H,3-4,9H2,1-2H3,(H,18,19). The molecule has 19 heavy (non-hydrogen) atoms. The lowest BCUT2D eigenvalue weighted by molar-refractivity contribution is 0.0697. The van der Waals surface area contributed by atoms with Gasteiger partial charge in [0.2, 0.25) is 0 Å². The van der Waals surface area contributed by atoms with Gasteiger partial charge in [-0.2, -0.15) is 0 Å². The van der Waals surface area contributed by atoms with Gasteiger partial charge in [0, 0.05) is 25.2 Å². The number of hydrogen-bond acceptors (Lipinski definition) is 3. The molecule has 1 heterocycles. The Balaban J connectivity index is 2.47. The first-order valence-corrected chi connectivity index (χ1v) is 6.46. The van der Waals surface area contributed by atoms with E-state index >= 15 is 0 Å². The zero-order chi connectivity index (χ0) is 13.8. The summed E-state index contributed by atoms with van der Waals surface area (Å²) in [6.45, 7) is 3.06. The molecule has 0 amide bonds. The van der Waals surface area contributed by atoms with Crippen molar-refractivity contribution in [1.82, 2.24) is 4.98 Å². The Kier molecular flexibility index (Phi) is 4.00. The molecule has 0 spiro atoms. The molecule has 1 N–H and O–H groups in total. The molecule has 2 aromatic rings. The summed E-state index contributed by atoms with van der Waals surface area (Å²) in [7, 11) is 1.99. The highest BCUT2D eigenvalue weighted by molar-refractivity contribution is 5.98. The van der Waals surface area contributed by atoms with E-state index in [2.05, 4.69) is 16.8 Å². The lowest BCUT2D eigenvalue weighted by Crippen LogP contribution is -2.19. The minimum absolute atomic E-state index is 0.297. The molecule has 4 heteroatoms. The zero-order valence-corrected chi connectivity index (χ0v) is 11.3. The maximum atomic E-state index is 11.1. The minimum atomic E-state index is -0.909. The van der Waals surface area contributed by atoms with Gasteiger partial charge in [0.1, 0.15) is 5.82 Å². The molecule has 0 aliphatic rings. The Morgan fingerprint density at radius 2 is 2.16 bits per heavy atom. The summed E-state index contributed by atoms with van der Waals surface area (Å²) >= 11 is 0. The predicted molar refractivity (Wildman–Crippen MR) is 76.9 cm³/mol. The molecule has 0 radical (unpaired) electrons. The highest BCUT2D eigenvalue weighted by Gasteiger charge is 2.10. The van der Waals surface area contributed by atoms with Gasteiger partial charge < -0.3 is 10.0 Å². The van der Waals surface area contributed by atoms with Crippen LogP contribution >= 0.6 is 0 Å². The van der Waals surface area contributed by atoms with Gasteiger partial charge in [-0.3, -0.25) is 0 Å². The lowest BCUT2D eigenvalue weighted by Gasteiger charge is -2.19. The molecule has 100 valence electrons. The number of hydrogen-bond donors (Lipinski definition) is 1. The first-order chi connectivity index (χ1) is 9.13. The van der Waals surface area contributed by atoms with Gasteiger partial charge in [-0.15, -0.1) is 0 Å². The molecule has 0 fully saturated rings. The second-order valence-electron chi connectivity index (χ2n) is 4.65. The maximum absolute atomic E-state index is 11.1. The van der Waals surface area contributed by atoms with Crippen LogP contribution in [0.4, 0.5) is 5.82 Å². The van der Waals surface area contributed by atoms with Crippen LogP contribution in [0.25, 0.3) is 10.8 Å². The predicted octanol–water partition coefficient (Wildman–Crippen LogP) is 3.17. The molecule has 0 aliphatic heterocycles. The molecule has 1 aromatic carbocycles. The van der Waals surface area contributed by atoms with Crippen molar-refractivity contribution in [3.8, 4) is 0 Å². The van der Waals surface area contributed by atoms with Gasteiger partial charge in [-0.1, -0.05) is 19.4 Å². The van der Waals surface area contributed by atoms with Crippen molar-refractivity contribution in [2.24, 2.45) is 0 Å². The first kappa shape index (κ1) is 13.3. The van der Waals surface area contributed by atoms with Crippen molar-refractivity contribution in [3.63, 3.8) is 0 Å². The third kappa shape index (κ3) is 2.84. The molecule has 4 nitrogen and oxygen atoms in total. The van der Waals surface area contributed by atoms with Crippen LogP contribution in [0.5, 0.6) is 0 Å². The summed E-state index contributed by atoms with van der Waals surface area (Å²) in [5, 5.41) is 11.0. The lowest BCUT2D eigenvalue weighted by atomic mass is 10.1. The van der Waals surface area contributed by atoms with Gasteiger partial charge in [0.05, 0.1) is 5.56 Å². The highest BCUT2D eigenvalue weighted by Crippen LogP contribution is 2.25. The van der Waals surface area contributed by atoms with Crippen molar-refractivity contribution >= 4 is 22.6 Å². The fourth-order valence-electron chi connectivity index (χ4n) is 2.09. The van der Waals surface area contributed by atoms with E-state index in [1.165, 1.54) is 0 Å². The van der Waals surface area contributed by atoms with Crippen LogP contribution in [-0.2, 0) is 0 Å². The topological polar surface area (TPSA) is 53.4 Å². The van der Waals surface area contributed by atoms with E-state index in [4.69, 9.17) is 5.11 Å². The van der Waals surface area contributed by atoms with E-state index in [1.54, 1.807) is 18.3 Å². The number of aromatic nitrogens is 1. The summed E-state index contributed by atoms with van der Waals surface area (Å²) in [5.74, 6) is -0.0676. The summed E-state index contributed by atoms with van der Waals surface area (Å²) in [6.07, 6.45) is 3.98. The van der Waals surface area contributed by atoms with E-state index < -0.39 is 5.97 Å². The SMILES string of the molecule is CCCCN(C)c1nccc2ccc(C(=O)O)cc12. The van der Waals surface area contributed by atoms with Crippen molar-refractivity contribution in [3.05, 3.63) is 36.0 Å². The summed E-state index contributed by atoms with van der Waals surface area (Å²) in [4.78, 5) is 17.5. The molecule has 0 bridgehead atoms. The van der Waals surface area contributed by atoms with Crippen molar-refractivity contribution < 1.29 is 9.90 Å². The third-order valence-corrected chi connectivity index (χ3v) is 3.20. The number of anilines is 1. The molecule has 0 saturated heterocycles. The second-order valence-corrected chi connectivity index (χ2v) is 4.65. The molecule has 2 rings (SSSR count). The van der Waals surface area contributed by atoms with E-state index in [9.17, 15) is 4.79 Å². The monoisotopic (exact) mass is 258 g/mol. The Hall–Kier alpha value is -2.10. The normalized spacial score (nSPS) is 10.6. The Bertz CT molecular complexity index is 596. The van der Waals surface area contributed by atoms with E-state index in [0.29, 0.717) is 5.56 Å². The fraction of sp³-hybridized carbons (Fsp3) is 0.333. The summed E-state index contributed by atoms with van der Waals surface area (Å²) in [6, 6.07) is 7.05. The molecular formula is C15H18N2O2. The number of carbonyl (C=O) groups is 1. The summed E-state index contributed by atoms with van der Waals surface area (Å²) in [5.41, 5.74) is 0.297. The zero-order valence-electron chi connectivity index (χ0n) is 11.3. The molecule has 0 unspecified atom stereocenters. The summed E-state index contributed by atoms with van der Waals surface area (Å²) < 4.78 is 0. The number of pyridine rings is 1. The number of carboxylic acid groups (broad SMARTS) is 1. The smallest absolute Gasteiger partial charge is 0.335 e. The quantitative estimate of drug-likeness (QED) is 0.895. The number of aromatic carboxylic acids is 1. The average Bonchev–Trinajstić information content (AvgIpc) is 2.43. The number of rotatable bonds is 5. The number of nitrogens with zero attached hydrogens (tertiary/aromatic N) is 2. The van der Waals surface area contributed by atoms with Gasteiger partial charge in [0.25, 0.3) is 0 Å². The van der Waals surface area contributed by atoms with E-state index in [-0.39, 0.29) is 0 Å².